The Bertz CT molecular complexity index is 551. The molecule has 1 atom stereocenters. The van der Waals surface area contributed by atoms with Crippen LogP contribution >= 0.6 is 0 Å². The van der Waals surface area contributed by atoms with E-state index in [4.69, 9.17) is 0 Å². The third-order valence-electron chi connectivity index (χ3n) is 3.92. The second kappa shape index (κ2) is 4.37. The Morgan fingerprint density at radius 3 is 2.65 bits per heavy atom. The van der Waals surface area contributed by atoms with Crippen molar-refractivity contribution in [1.29, 1.82) is 0 Å². The Hall–Kier alpha value is -1.56. The first-order valence-corrected chi connectivity index (χ1v) is 6.48. The fraction of sp³-hybridized carbons (Fsp3) is 0.294. The minimum Gasteiger partial charge on any atom is -0.0996 e. The van der Waals surface area contributed by atoms with Crippen molar-refractivity contribution >= 4 is 10.8 Å². The molecule has 0 aliphatic heterocycles. The number of hydrogen-bond acceptors (Lipinski definition) is 0. The van der Waals surface area contributed by atoms with Crippen LogP contribution in [0.2, 0.25) is 0 Å². The normalized spacial score (nSPS) is 20.0. The number of hydrogen-bond donors (Lipinski definition) is 0. The maximum atomic E-state index is 4.19. The predicted octanol–water partition coefficient (Wildman–Crippen LogP) is 4.74. The largest absolute Gasteiger partial charge is 0.0996 e. The molecule has 0 heteroatoms. The summed E-state index contributed by atoms with van der Waals surface area (Å²) in [6, 6.07) is 15.4. The average molecular weight is 222 g/mol. The molecule has 1 aliphatic carbocycles. The summed E-state index contributed by atoms with van der Waals surface area (Å²) in [6.45, 7) is 4.19. The maximum absolute atomic E-state index is 4.19. The smallest absolute Gasteiger partial charge is 0.0165 e. The summed E-state index contributed by atoms with van der Waals surface area (Å²) in [7, 11) is 0. The van der Waals surface area contributed by atoms with Crippen LogP contribution in [0, 0.1) is 5.92 Å². The summed E-state index contributed by atoms with van der Waals surface area (Å²) in [5, 5.41) is 2.69. The summed E-state index contributed by atoms with van der Waals surface area (Å²) in [6.07, 6.45) is 5.06. The molecular formula is C17H18. The van der Waals surface area contributed by atoms with Crippen LogP contribution in [0.25, 0.3) is 10.8 Å². The molecule has 86 valence electrons. The third kappa shape index (κ3) is 2.12. The van der Waals surface area contributed by atoms with Gasteiger partial charge in [0, 0.05) is 0 Å². The quantitative estimate of drug-likeness (QED) is 0.644. The second-order valence-corrected chi connectivity index (χ2v) is 5.13. The number of benzene rings is 2. The van der Waals surface area contributed by atoms with Crippen molar-refractivity contribution in [3.8, 4) is 0 Å². The zero-order valence-corrected chi connectivity index (χ0v) is 10.2. The highest BCUT2D eigenvalue weighted by Gasteiger charge is 2.19. The van der Waals surface area contributed by atoms with E-state index in [1.807, 2.05) is 0 Å². The van der Waals surface area contributed by atoms with Gasteiger partial charge in [-0.15, -0.1) is 0 Å². The summed E-state index contributed by atoms with van der Waals surface area (Å²) in [4.78, 5) is 0. The average Bonchev–Trinajstić information content (AvgIpc) is 2.75. The predicted molar refractivity (Wildman–Crippen MR) is 74.1 cm³/mol. The molecule has 0 radical (unpaired) electrons. The molecule has 3 rings (SSSR count). The van der Waals surface area contributed by atoms with Crippen LogP contribution in [-0.4, -0.2) is 0 Å². The van der Waals surface area contributed by atoms with E-state index in [2.05, 4.69) is 49.0 Å². The minimum atomic E-state index is 0.719. The van der Waals surface area contributed by atoms with E-state index in [9.17, 15) is 0 Å². The first-order chi connectivity index (χ1) is 8.33. The van der Waals surface area contributed by atoms with E-state index >= 15 is 0 Å². The highest BCUT2D eigenvalue weighted by atomic mass is 14.2. The minimum absolute atomic E-state index is 0.719. The van der Waals surface area contributed by atoms with Gasteiger partial charge in [0.05, 0.1) is 0 Å². The molecule has 17 heavy (non-hydrogen) atoms. The molecule has 1 fully saturated rings. The van der Waals surface area contributed by atoms with Crippen LogP contribution in [0.4, 0.5) is 0 Å². The summed E-state index contributed by atoms with van der Waals surface area (Å²) < 4.78 is 0. The Kier molecular flexibility index (Phi) is 2.72. The van der Waals surface area contributed by atoms with E-state index in [1.165, 1.54) is 47.6 Å². The molecule has 1 saturated carbocycles. The lowest BCUT2D eigenvalue weighted by Gasteiger charge is -2.11. The molecular weight excluding hydrogens is 204 g/mol. The SMILES string of the molecule is C=C1CCCC1Cc1ccc2ccccc2c1. The van der Waals surface area contributed by atoms with Crippen molar-refractivity contribution < 1.29 is 0 Å². The fourth-order valence-electron chi connectivity index (χ4n) is 2.88. The van der Waals surface area contributed by atoms with Crippen LogP contribution < -0.4 is 0 Å². The molecule has 1 unspecified atom stereocenters. The topological polar surface area (TPSA) is 0 Å². The first kappa shape index (κ1) is 10.6. The Balaban J connectivity index is 1.88. The maximum Gasteiger partial charge on any atom is -0.0165 e. The van der Waals surface area contributed by atoms with E-state index in [0.717, 1.165) is 5.92 Å². The first-order valence-electron chi connectivity index (χ1n) is 6.48. The van der Waals surface area contributed by atoms with Gasteiger partial charge in [0.15, 0.2) is 0 Å². The lowest BCUT2D eigenvalue weighted by molar-refractivity contribution is 0.626. The van der Waals surface area contributed by atoms with Gasteiger partial charge in [-0.25, -0.2) is 0 Å². The summed E-state index contributed by atoms with van der Waals surface area (Å²) in [5.41, 5.74) is 2.91. The van der Waals surface area contributed by atoms with Crippen molar-refractivity contribution in [2.75, 3.05) is 0 Å². The van der Waals surface area contributed by atoms with E-state index in [1.54, 1.807) is 0 Å². The van der Waals surface area contributed by atoms with Crippen molar-refractivity contribution in [2.24, 2.45) is 5.92 Å². The molecule has 1 aliphatic rings. The summed E-state index contributed by atoms with van der Waals surface area (Å²) >= 11 is 0. The fourth-order valence-corrected chi connectivity index (χ4v) is 2.88. The Morgan fingerprint density at radius 2 is 1.88 bits per heavy atom. The molecule has 0 amide bonds. The summed E-state index contributed by atoms with van der Waals surface area (Å²) in [5.74, 6) is 0.719. The van der Waals surface area contributed by atoms with Gasteiger partial charge in [0.25, 0.3) is 0 Å². The van der Waals surface area contributed by atoms with Gasteiger partial charge in [-0.3, -0.25) is 0 Å². The molecule has 0 N–H and O–H groups in total. The lowest BCUT2D eigenvalue weighted by Crippen LogP contribution is -2.00. The molecule has 0 bridgehead atoms. The van der Waals surface area contributed by atoms with Gasteiger partial charge in [-0.2, -0.15) is 0 Å². The highest BCUT2D eigenvalue weighted by molar-refractivity contribution is 5.82. The van der Waals surface area contributed by atoms with Gasteiger partial charge in [-0.05, 0) is 47.9 Å². The van der Waals surface area contributed by atoms with E-state index in [-0.39, 0.29) is 0 Å². The van der Waals surface area contributed by atoms with E-state index < -0.39 is 0 Å². The Morgan fingerprint density at radius 1 is 1.06 bits per heavy atom. The van der Waals surface area contributed by atoms with Crippen LogP contribution in [-0.2, 0) is 6.42 Å². The molecule has 2 aromatic carbocycles. The Labute approximate surface area is 103 Å². The highest BCUT2D eigenvalue weighted by Crippen LogP contribution is 2.32. The number of rotatable bonds is 2. The molecule has 0 spiro atoms. The van der Waals surface area contributed by atoms with Gasteiger partial charge >= 0.3 is 0 Å². The molecule has 0 aromatic heterocycles. The van der Waals surface area contributed by atoms with Gasteiger partial charge in [0.2, 0.25) is 0 Å². The second-order valence-electron chi connectivity index (χ2n) is 5.13. The number of allylic oxidation sites excluding steroid dienone is 1. The van der Waals surface area contributed by atoms with Gasteiger partial charge in [-0.1, -0.05) is 54.6 Å². The lowest BCUT2D eigenvalue weighted by atomic mass is 9.94. The third-order valence-corrected chi connectivity index (χ3v) is 3.92. The van der Waals surface area contributed by atoms with Gasteiger partial charge < -0.3 is 0 Å². The van der Waals surface area contributed by atoms with Crippen LogP contribution in [0.3, 0.4) is 0 Å². The van der Waals surface area contributed by atoms with E-state index in [0.29, 0.717) is 0 Å². The van der Waals surface area contributed by atoms with Crippen molar-refractivity contribution in [3.63, 3.8) is 0 Å². The molecule has 2 aromatic rings. The zero-order valence-electron chi connectivity index (χ0n) is 10.2. The molecule has 0 saturated heterocycles. The van der Waals surface area contributed by atoms with Crippen molar-refractivity contribution in [2.45, 2.75) is 25.7 Å². The van der Waals surface area contributed by atoms with Crippen LogP contribution in [0.15, 0.2) is 54.6 Å². The molecule has 0 nitrogen and oxygen atoms in total. The molecule has 0 heterocycles. The zero-order chi connectivity index (χ0) is 11.7. The standard InChI is InChI=1S/C17H18/c1-13-5-4-8-16(13)11-14-9-10-15-6-2-3-7-17(15)12-14/h2-3,6-7,9-10,12,16H,1,4-5,8,11H2. The number of fused-ring (bicyclic) bond motifs is 1. The van der Waals surface area contributed by atoms with Crippen LogP contribution in [0.5, 0.6) is 0 Å². The van der Waals surface area contributed by atoms with Crippen molar-refractivity contribution in [1.82, 2.24) is 0 Å². The van der Waals surface area contributed by atoms with Crippen LogP contribution in [0.1, 0.15) is 24.8 Å². The van der Waals surface area contributed by atoms with Crippen molar-refractivity contribution in [3.05, 3.63) is 60.2 Å². The van der Waals surface area contributed by atoms with Gasteiger partial charge in [0.1, 0.15) is 0 Å². The monoisotopic (exact) mass is 222 g/mol.